The molecule has 1 unspecified atom stereocenters. The summed E-state index contributed by atoms with van der Waals surface area (Å²) >= 11 is 0. The first-order chi connectivity index (χ1) is 14.8. The molecule has 0 saturated carbocycles. The van der Waals surface area contributed by atoms with E-state index in [2.05, 4.69) is 15.3 Å². The maximum atomic E-state index is 13.1. The summed E-state index contributed by atoms with van der Waals surface area (Å²) in [6.45, 7) is 5.88. The Balaban J connectivity index is 1.55. The number of piperazine rings is 1. The third kappa shape index (κ3) is 6.19. The van der Waals surface area contributed by atoms with E-state index in [0.29, 0.717) is 63.1 Å². The van der Waals surface area contributed by atoms with Crippen LogP contribution in [0.4, 0.5) is 17.6 Å². The average Bonchev–Trinajstić information content (AvgIpc) is 3.21. The number of oxazole rings is 1. The zero-order chi connectivity index (χ0) is 22.4. The van der Waals surface area contributed by atoms with Crippen LogP contribution in [0.2, 0.25) is 0 Å². The molecule has 2 heterocycles. The summed E-state index contributed by atoms with van der Waals surface area (Å²) in [5.74, 6) is 0.777. The molecule has 0 amide bonds. The number of aliphatic imine (C=N–C) groups is 1. The van der Waals surface area contributed by atoms with Crippen molar-refractivity contribution >= 4 is 5.96 Å². The fourth-order valence-corrected chi connectivity index (χ4v) is 3.38. The number of alkyl halides is 3. The van der Waals surface area contributed by atoms with Gasteiger partial charge in [-0.3, -0.25) is 9.89 Å². The lowest BCUT2D eigenvalue weighted by Crippen LogP contribution is -2.56. The molecule has 1 N–H and O–H groups in total. The molecular formula is C21H27F4N5O. The van der Waals surface area contributed by atoms with Crippen LogP contribution in [-0.2, 0) is 6.42 Å². The van der Waals surface area contributed by atoms with Crippen LogP contribution in [0.3, 0.4) is 0 Å². The molecular weight excluding hydrogens is 414 g/mol. The van der Waals surface area contributed by atoms with Crippen LogP contribution in [0.15, 0.2) is 39.9 Å². The van der Waals surface area contributed by atoms with E-state index in [0.717, 1.165) is 5.69 Å². The first kappa shape index (κ1) is 23.1. The van der Waals surface area contributed by atoms with Crippen molar-refractivity contribution < 1.29 is 22.0 Å². The Labute approximate surface area is 179 Å². The van der Waals surface area contributed by atoms with Crippen molar-refractivity contribution in [3.63, 3.8) is 0 Å². The summed E-state index contributed by atoms with van der Waals surface area (Å²) < 4.78 is 57.4. The molecule has 1 aliphatic rings. The lowest BCUT2D eigenvalue weighted by molar-refractivity contribution is -0.181. The van der Waals surface area contributed by atoms with Gasteiger partial charge in [-0.15, -0.1) is 0 Å². The monoisotopic (exact) mass is 441 g/mol. The lowest BCUT2D eigenvalue weighted by atomic mass is 10.2. The minimum atomic E-state index is -4.22. The normalized spacial score (nSPS) is 17.1. The van der Waals surface area contributed by atoms with Crippen molar-refractivity contribution in [3.05, 3.63) is 42.0 Å². The Morgan fingerprint density at radius 3 is 2.48 bits per heavy atom. The van der Waals surface area contributed by atoms with Crippen LogP contribution in [-0.4, -0.2) is 72.2 Å². The highest BCUT2D eigenvalue weighted by Crippen LogP contribution is 2.25. The topological polar surface area (TPSA) is 56.9 Å². The second-order valence-corrected chi connectivity index (χ2v) is 7.38. The van der Waals surface area contributed by atoms with Gasteiger partial charge in [-0.25, -0.2) is 9.37 Å². The number of aromatic nitrogens is 1. The van der Waals surface area contributed by atoms with Crippen molar-refractivity contribution in [1.29, 1.82) is 0 Å². The second-order valence-electron chi connectivity index (χ2n) is 7.38. The lowest BCUT2D eigenvalue weighted by Gasteiger charge is -2.39. The van der Waals surface area contributed by atoms with Gasteiger partial charge >= 0.3 is 6.18 Å². The van der Waals surface area contributed by atoms with Crippen molar-refractivity contribution in [2.75, 3.05) is 39.3 Å². The molecule has 31 heavy (non-hydrogen) atoms. The van der Waals surface area contributed by atoms with E-state index in [4.69, 9.17) is 4.42 Å². The van der Waals surface area contributed by atoms with Crippen molar-refractivity contribution in [2.45, 2.75) is 32.5 Å². The van der Waals surface area contributed by atoms with Gasteiger partial charge in [0.1, 0.15) is 18.1 Å². The zero-order valence-electron chi connectivity index (χ0n) is 17.6. The van der Waals surface area contributed by atoms with Crippen molar-refractivity contribution in [1.82, 2.24) is 20.1 Å². The van der Waals surface area contributed by atoms with Gasteiger partial charge in [0.15, 0.2) is 5.96 Å². The number of hydrogen-bond donors (Lipinski definition) is 1. The average molecular weight is 441 g/mol. The molecule has 1 fully saturated rings. The number of benzene rings is 1. The Hall–Kier alpha value is -2.62. The van der Waals surface area contributed by atoms with Gasteiger partial charge in [0.2, 0.25) is 5.89 Å². The first-order valence-corrected chi connectivity index (χ1v) is 10.3. The molecule has 10 heteroatoms. The molecule has 1 atom stereocenters. The third-order valence-corrected chi connectivity index (χ3v) is 5.24. The Bertz CT molecular complexity index is 857. The molecule has 170 valence electrons. The molecule has 0 radical (unpaired) electrons. The summed E-state index contributed by atoms with van der Waals surface area (Å²) in [4.78, 5) is 12.4. The summed E-state index contributed by atoms with van der Waals surface area (Å²) in [6, 6.07) is 4.46. The zero-order valence-corrected chi connectivity index (χ0v) is 17.6. The summed E-state index contributed by atoms with van der Waals surface area (Å²) in [5.41, 5.74) is 1.41. The fraction of sp³-hybridized carbons (Fsp3) is 0.524. The predicted molar refractivity (Wildman–Crippen MR) is 110 cm³/mol. The van der Waals surface area contributed by atoms with Crippen LogP contribution in [0.25, 0.3) is 11.5 Å². The molecule has 0 bridgehead atoms. The van der Waals surface area contributed by atoms with Crippen molar-refractivity contribution in [3.8, 4) is 11.5 Å². The van der Waals surface area contributed by atoms with Gasteiger partial charge < -0.3 is 14.6 Å². The quantitative estimate of drug-likeness (QED) is 0.422. The van der Waals surface area contributed by atoms with Gasteiger partial charge in [-0.1, -0.05) is 0 Å². The molecule has 1 aromatic heterocycles. The van der Waals surface area contributed by atoms with E-state index in [1.165, 1.54) is 24.0 Å². The Kier molecular flexibility index (Phi) is 7.53. The molecule has 1 saturated heterocycles. The molecule has 0 spiro atoms. The number of nitrogens with one attached hydrogen (secondary N) is 1. The molecule has 3 rings (SSSR count). The SMILES string of the molecule is CCNC(=NCCc1coc(-c2ccc(F)cc2)n1)N1CCN(C(C)C(F)(F)F)CC1. The van der Waals surface area contributed by atoms with E-state index in [1.54, 1.807) is 18.4 Å². The predicted octanol–water partition coefficient (Wildman–Crippen LogP) is 3.56. The summed E-state index contributed by atoms with van der Waals surface area (Å²) in [5, 5.41) is 3.21. The minimum absolute atomic E-state index is 0.325. The summed E-state index contributed by atoms with van der Waals surface area (Å²) in [6.07, 6.45) is -2.12. The Morgan fingerprint density at radius 1 is 1.19 bits per heavy atom. The molecule has 2 aromatic rings. The van der Waals surface area contributed by atoms with Gasteiger partial charge in [-0.05, 0) is 38.1 Å². The second kappa shape index (κ2) is 10.1. The highest BCUT2D eigenvalue weighted by molar-refractivity contribution is 5.80. The minimum Gasteiger partial charge on any atom is -0.444 e. The molecule has 0 aliphatic carbocycles. The molecule has 1 aromatic carbocycles. The van der Waals surface area contributed by atoms with E-state index >= 15 is 0 Å². The van der Waals surface area contributed by atoms with E-state index < -0.39 is 12.2 Å². The van der Waals surface area contributed by atoms with E-state index in [9.17, 15) is 17.6 Å². The van der Waals surface area contributed by atoms with Gasteiger partial charge in [0.25, 0.3) is 0 Å². The maximum absolute atomic E-state index is 13.1. The summed E-state index contributed by atoms with van der Waals surface area (Å²) in [7, 11) is 0. The fourth-order valence-electron chi connectivity index (χ4n) is 3.38. The van der Waals surface area contributed by atoms with Gasteiger partial charge in [-0.2, -0.15) is 13.2 Å². The smallest absolute Gasteiger partial charge is 0.403 e. The van der Waals surface area contributed by atoms with Crippen molar-refractivity contribution in [2.24, 2.45) is 4.99 Å². The van der Waals surface area contributed by atoms with Gasteiger partial charge in [0, 0.05) is 51.3 Å². The van der Waals surface area contributed by atoms with E-state index in [-0.39, 0.29) is 5.82 Å². The van der Waals surface area contributed by atoms with Crippen LogP contribution in [0.5, 0.6) is 0 Å². The molecule has 6 nitrogen and oxygen atoms in total. The number of rotatable bonds is 6. The third-order valence-electron chi connectivity index (χ3n) is 5.24. The molecule has 1 aliphatic heterocycles. The van der Waals surface area contributed by atoms with Crippen LogP contribution < -0.4 is 5.32 Å². The van der Waals surface area contributed by atoms with Crippen LogP contribution in [0, 0.1) is 5.82 Å². The maximum Gasteiger partial charge on any atom is 0.403 e. The highest BCUT2D eigenvalue weighted by atomic mass is 19.4. The largest absolute Gasteiger partial charge is 0.444 e. The van der Waals surface area contributed by atoms with Crippen LogP contribution >= 0.6 is 0 Å². The number of halogens is 4. The highest BCUT2D eigenvalue weighted by Gasteiger charge is 2.41. The first-order valence-electron chi connectivity index (χ1n) is 10.3. The van der Waals surface area contributed by atoms with Gasteiger partial charge in [0.05, 0.1) is 5.69 Å². The standard InChI is InChI=1S/C21H27F4N5O/c1-3-26-20(30-12-10-29(11-13-30)15(2)21(23,24)25)27-9-8-18-14-31-19(28-18)16-4-6-17(22)7-5-16/h4-7,14-15H,3,8-13H2,1-2H3,(H,26,27). The number of hydrogen-bond acceptors (Lipinski definition) is 4. The Morgan fingerprint density at radius 2 is 1.87 bits per heavy atom. The van der Waals surface area contributed by atoms with E-state index in [1.807, 2.05) is 11.8 Å². The number of nitrogens with zero attached hydrogens (tertiary/aromatic N) is 4. The van der Waals surface area contributed by atoms with Crippen LogP contribution in [0.1, 0.15) is 19.5 Å². The number of guanidine groups is 1.